The van der Waals surface area contributed by atoms with Gasteiger partial charge < -0.3 is 5.32 Å². The number of amides is 1. The molecular formula is C10H19NO. The molecule has 1 aliphatic rings. The molecule has 0 spiro atoms. The molecule has 1 N–H and O–H groups in total. The summed E-state index contributed by atoms with van der Waals surface area (Å²) < 4.78 is 0. The molecule has 0 bridgehead atoms. The number of hydrogen-bond donors (Lipinski definition) is 1. The zero-order valence-corrected chi connectivity index (χ0v) is 8.10. The normalized spacial score (nSPS) is 29.8. The van der Waals surface area contributed by atoms with Gasteiger partial charge in [0.05, 0.1) is 0 Å². The Bertz CT molecular complexity index is 156. The molecule has 2 atom stereocenters. The van der Waals surface area contributed by atoms with Gasteiger partial charge in [-0.2, -0.15) is 0 Å². The molecule has 0 heterocycles. The summed E-state index contributed by atoms with van der Waals surface area (Å²) in [6.45, 7) is 3.84. The quantitative estimate of drug-likeness (QED) is 0.673. The van der Waals surface area contributed by atoms with E-state index in [2.05, 4.69) is 12.2 Å². The smallest absolute Gasteiger partial charge is 0.217 e. The molecule has 1 rings (SSSR count). The van der Waals surface area contributed by atoms with Gasteiger partial charge in [-0.25, -0.2) is 0 Å². The number of carbonyl (C=O) groups is 1. The van der Waals surface area contributed by atoms with Crippen LogP contribution in [0.4, 0.5) is 0 Å². The number of rotatable bonds is 2. The Labute approximate surface area is 74.7 Å². The van der Waals surface area contributed by atoms with Gasteiger partial charge in [0.2, 0.25) is 5.91 Å². The first-order chi connectivity index (χ1) is 5.72. The highest BCUT2D eigenvalue weighted by Crippen LogP contribution is 2.26. The van der Waals surface area contributed by atoms with E-state index < -0.39 is 0 Å². The van der Waals surface area contributed by atoms with Crippen molar-refractivity contribution in [2.45, 2.75) is 52.0 Å². The predicted octanol–water partition coefficient (Wildman–Crippen LogP) is 2.09. The van der Waals surface area contributed by atoms with Gasteiger partial charge in [-0.3, -0.25) is 4.79 Å². The minimum atomic E-state index is 0.122. The molecule has 2 heteroatoms. The maximum absolute atomic E-state index is 10.8. The van der Waals surface area contributed by atoms with Gasteiger partial charge in [0.25, 0.3) is 0 Å². The van der Waals surface area contributed by atoms with E-state index in [1.54, 1.807) is 6.92 Å². The maximum Gasteiger partial charge on any atom is 0.217 e. The van der Waals surface area contributed by atoms with E-state index in [1.807, 2.05) is 0 Å². The van der Waals surface area contributed by atoms with Crippen molar-refractivity contribution in [1.82, 2.24) is 5.32 Å². The van der Waals surface area contributed by atoms with Crippen LogP contribution in [0.2, 0.25) is 0 Å². The fraction of sp³-hybridized carbons (Fsp3) is 0.900. The molecule has 0 aromatic carbocycles. The topological polar surface area (TPSA) is 29.1 Å². The van der Waals surface area contributed by atoms with Gasteiger partial charge in [0.1, 0.15) is 0 Å². The Balaban J connectivity index is 2.30. The fourth-order valence-electron chi connectivity index (χ4n) is 2.08. The van der Waals surface area contributed by atoms with Gasteiger partial charge in [0, 0.05) is 13.0 Å². The molecule has 0 saturated heterocycles. The Morgan fingerprint density at radius 1 is 1.50 bits per heavy atom. The Hall–Kier alpha value is -0.530. The predicted molar refractivity (Wildman–Crippen MR) is 49.9 cm³/mol. The third-order valence-electron chi connectivity index (χ3n) is 2.77. The van der Waals surface area contributed by atoms with Crippen molar-refractivity contribution in [3.63, 3.8) is 0 Å². The minimum Gasteiger partial charge on any atom is -0.354 e. The summed E-state index contributed by atoms with van der Waals surface area (Å²) in [6, 6.07) is 0.459. The summed E-state index contributed by atoms with van der Waals surface area (Å²) in [5.74, 6) is 0.965. The monoisotopic (exact) mass is 169 g/mol. The molecule has 2 nitrogen and oxygen atoms in total. The molecule has 2 unspecified atom stereocenters. The molecule has 0 radical (unpaired) electrons. The van der Waals surface area contributed by atoms with E-state index in [1.165, 1.54) is 32.1 Å². The average molecular weight is 169 g/mol. The largest absolute Gasteiger partial charge is 0.354 e. The first kappa shape index (κ1) is 9.56. The van der Waals surface area contributed by atoms with E-state index in [0.29, 0.717) is 6.04 Å². The highest BCUT2D eigenvalue weighted by Gasteiger charge is 2.20. The summed E-state index contributed by atoms with van der Waals surface area (Å²) in [6.07, 6.45) is 6.26. The lowest BCUT2D eigenvalue weighted by molar-refractivity contribution is -0.119. The Kier molecular flexibility index (Phi) is 3.57. The van der Waals surface area contributed by atoms with Crippen molar-refractivity contribution in [1.29, 1.82) is 0 Å². The van der Waals surface area contributed by atoms with Gasteiger partial charge in [-0.1, -0.05) is 26.2 Å². The Morgan fingerprint density at radius 2 is 2.25 bits per heavy atom. The first-order valence-electron chi connectivity index (χ1n) is 4.99. The van der Waals surface area contributed by atoms with Crippen LogP contribution in [-0.2, 0) is 4.79 Å². The second-order valence-corrected chi connectivity index (χ2v) is 3.84. The second-order valence-electron chi connectivity index (χ2n) is 3.84. The maximum atomic E-state index is 10.8. The first-order valence-corrected chi connectivity index (χ1v) is 4.99. The third kappa shape index (κ3) is 2.84. The van der Waals surface area contributed by atoms with Crippen LogP contribution in [0.1, 0.15) is 46.0 Å². The molecule has 12 heavy (non-hydrogen) atoms. The number of nitrogens with one attached hydrogen (secondary N) is 1. The average Bonchev–Trinajstić information content (AvgIpc) is 2.03. The van der Waals surface area contributed by atoms with Crippen molar-refractivity contribution in [3.05, 3.63) is 0 Å². The van der Waals surface area contributed by atoms with Crippen molar-refractivity contribution in [2.75, 3.05) is 0 Å². The molecule has 1 amide bonds. The molecule has 0 aliphatic heterocycles. The SMILES string of the molecule is CCC1CCCC(NC(C)=O)C1. The standard InChI is InChI=1S/C10H19NO/c1-3-9-5-4-6-10(7-9)11-8(2)12/h9-10H,3-7H2,1-2H3,(H,11,12). The number of carbonyl (C=O) groups excluding carboxylic acids is 1. The lowest BCUT2D eigenvalue weighted by Crippen LogP contribution is -2.36. The van der Waals surface area contributed by atoms with Gasteiger partial charge in [-0.15, -0.1) is 0 Å². The van der Waals surface area contributed by atoms with Crippen molar-refractivity contribution < 1.29 is 4.79 Å². The summed E-state index contributed by atoms with van der Waals surface area (Å²) in [4.78, 5) is 10.8. The van der Waals surface area contributed by atoms with Gasteiger partial charge >= 0.3 is 0 Å². The Morgan fingerprint density at radius 3 is 2.83 bits per heavy atom. The highest BCUT2D eigenvalue weighted by molar-refractivity contribution is 5.73. The third-order valence-corrected chi connectivity index (χ3v) is 2.77. The van der Waals surface area contributed by atoms with Crippen LogP contribution in [0, 0.1) is 5.92 Å². The molecule has 0 aromatic heterocycles. The zero-order valence-electron chi connectivity index (χ0n) is 8.10. The molecule has 1 fully saturated rings. The molecule has 1 saturated carbocycles. The van der Waals surface area contributed by atoms with Crippen LogP contribution in [0.15, 0.2) is 0 Å². The van der Waals surface area contributed by atoms with Crippen LogP contribution in [0.5, 0.6) is 0 Å². The van der Waals surface area contributed by atoms with E-state index in [9.17, 15) is 4.79 Å². The van der Waals surface area contributed by atoms with Gasteiger partial charge in [-0.05, 0) is 18.8 Å². The molecular weight excluding hydrogens is 150 g/mol. The van der Waals surface area contributed by atoms with Crippen LogP contribution in [-0.4, -0.2) is 11.9 Å². The zero-order chi connectivity index (χ0) is 8.97. The van der Waals surface area contributed by atoms with Crippen LogP contribution < -0.4 is 5.32 Å². The lowest BCUT2D eigenvalue weighted by Gasteiger charge is -2.28. The molecule has 0 aromatic rings. The summed E-state index contributed by atoms with van der Waals surface area (Å²) in [7, 11) is 0. The summed E-state index contributed by atoms with van der Waals surface area (Å²) in [5, 5.41) is 3.01. The van der Waals surface area contributed by atoms with Crippen molar-refractivity contribution in [2.24, 2.45) is 5.92 Å². The summed E-state index contributed by atoms with van der Waals surface area (Å²) in [5.41, 5.74) is 0. The molecule has 1 aliphatic carbocycles. The highest BCUT2D eigenvalue weighted by atomic mass is 16.1. The van der Waals surface area contributed by atoms with E-state index in [-0.39, 0.29) is 5.91 Å². The molecule has 70 valence electrons. The van der Waals surface area contributed by atoms with E-state index >= 15 is 0 Å². The van der Waals surface area contributed by atoms with Crippen molar-refractivity contribution in [3.8, 4) is 0 Å². The van der Waals surface area contributed by atoms with Crippen LogP contribution in [0.3, 0.4) is 0 Å². The lowest BCUT2D eigenvalue weighted by atomic mass is 9.84. The number of hydrogen-bond acceptors (Lipinski definition) is 1. The van der Waals surface area contributed by atoms with Crippen LogP contribution >= 0.6 is 0 Å². The van der Waals surface area contributed by atoms with Crippen LogP contribution in [0.25, 0.3) is 0 Å². The second kappa shape index (κ2) is 4.48. The minimum absolute atomic E-state index is 0.122. The van der Waals surface area contributed by atoms with E-state index in [4.69, 9.17) is 0 Å². The van der Waals surface area contributed by atoms with Crippen molar-refractivity contribution >= 4 is 5.91 Å². The fourth-order valence-corrected chi connectivity index (χ4v) is 2.08. The van der Waals surface area contributed by atoms with E-state index in [0.717, 1.165) is 5.92 Å². The summed E-state index contributed by atoms with van der Waals surface area (Å²) >= 11 is 0. The van der Waals surface area contributed by atoms with Gasteiger partial charge in [0.15, 0.2) is 0 Å².